The molecule has 1 saturated heterocycles. The zero-order valence-corrected chi connectivity index (χ0v) is 6.56. The number of likely N-dealkylation sites (tertiary alicyclic amines) is 1. The second-order valence-electron chi connectivity index (χ2n) is 3.15. The molecule has 0 radical (unpaired) electrons. The van der Waals surface area contributed by atoms with E-state index in [0.29, 0.717) is 0 Å². The van der Waals surface area contributed by atoms with Crippen LogP contribution in [-0.2, 0) is 0 Å². The molecule has 0 unspecified atom stereocenters. The van der Waals surface area contributed by atoms with E-state index in [1.54, 1.807) is 0 Å². The van der Waals surface area contributed by atoms with Crippen molar-refractivity contribution in [2.75, 3.05) is 20.1 Å². The highest BCUT2D eigenvalue weighted by molar-refractivity contribution is 4.67. The standard InChI is InChI=1S/C8H17N/c1-3-8-4-6-9(2)7-5-8/h8H,3-7H2,1-2H3. The third-order valence-corrected chi connectivity index (χ3v) is 2.42. The SMILES string of the molecule is CCC1CCN(C)CC1. The molecule has 1 aliphatic rings. The lowest BCUT2D eigenvalue weighted by Crippen LogP contribution is -2.29. The molecule has 0 spiro atoms. The second kappa shape index (κ2) is 3.21. The predicted molar refractivity (Wildman–Crippen MR) is 40.5 cm³/mol. The molecule has 1 rings (SSSR count). The highest BCUT2D eigenvalue weighted by Gasteiger charge is 2.13. The first-order valence-electron chi connectivity index (χ1n) is 4.01. The van der Waals surface area contributed by atoms with E-state index < -0.39 is 0 Å². The molecule has 0 N–H and O–H groups in total. The van der Waals surface area contributed by atoms with Gasteiger partial charge < -0.3 is 4.90 Å². The fourth-order valence-electron chi connectivity index (χ4n) is 1.47. The molecule has 1 nitrogen and oxygen atoms in total. The van der Waals surface area contributed by atoms with Crippen molar-refractivity contribution in [2.45, 2.75) is 26.2 Å². The van der Waals surface area contributed by atoms with Crippen LogP contribution in [0.25, 0.3) is 0 Å². The van der Waals surface area contributed by atoms with E-state index in [0.717, 1.165) is 5.92 Å². The Morgan fingerprint density at radius 2 is 1.89 bits per heavy atom. The monoisotopic (exact) mass is 127 g/mol. The van der Waals surface area contributed by atoms with Gasteiger partial charge in [-0.15, -0.1) is 0 Å². The summed E-state index contributed by atoms with van der Waals surface area (Å²) in [6.07, 6.45) is 4.23. The van der Waals surface area contributed by atoms with Crippen molar-refractivity contribution in [2.24, 2.45) is 5.92 Å². The van der Waals surface area contributed by atoms with Crippen LogP contribution in [0, 0.1) is 5.92 Å². The molecular formula is C8H17N. The molecule has 1 heteroatoms. The predicted octanol–water partition coefficient (Wildman–Crippen LogP) is 1.74. The lowest BCUT2D eigenvalue weighted by molar-refractivity contribution is 0.216. The Labute approximate surface area is 58.0 Å². The minimum atomic E-state index is 1.03. The molecule has 0 saturated carbocycles. The summed E-state index contributed by atoms with van der Waals surface area (Å²) in [5.74, 6) is 1.03. The number of nitrogens with zero attached hydrogens (tertiary/aromatic N) is 1. The Morgan fingerprint density at radius 3 is 2.33 bits per heavy atom. The van der Waals surface area contributed by atoms with Crippen molar-refractivity contribution in [1.82, 2.24) is 4.90 Å². The molecule has 9 heavy (non-hydrogen) atoms. The molecular weight excluding hydrogens is 110 g/mol. The van der Waals surface area contributed by atoms with Crippen molar-refractivity contribution in [3.63, 3.8) is 0 Å². The lowest BCUT2D eigenvalue weighted by Gasteiger charge is -2.27. The van der Waals surface area contributed by atoms with Gasteiger partial charge in [0.1, 0.15) is 0 Å². The molecule has 0 bridgehead atoms. The molecule has 54 valence electrons. The average Bonchev–Trinajstić information content (AvgIpc) is 1.90. The highest BCUT2D eigenvalue weighted by Crippen LogP contribution is 2.18. The molecule has 1 fully saturated rings. The number of hydrogen-bond donors (Lipinski definition) is 0. The summed E-state index contributed by atoms with van der Waals surface area (Å²) in [7, 11) is 2.21. The summed E-state index contributed by atoms with van der Waals surface area (Å²) in [6.45, 7) is 4.94. The summed E-state index contributed by atoms with van der Waals surface area (Å²) >= 11 is 0. The third-order valence-electron chi connectivity index (χ3n) is 2.42. The van der Waals surface area contributed by atoms with Gasteiger partial charge in [-0.05, 0) is 38.9 Å². The lowest BCUT2D eigenvalue weighted by atomic mass is 9.95. The molecule has 1 heterocycles. The highest BCUT2D eigenvalue weighted by atomic mass is 15.1. The van der Waals surface area contributed by atoms with Crippen molar-refractivity contribution < 1.29 is 0 Å². The smallest absolute Gasteiger partial charge is 0.00191 e. The van der Waals surface area contributed by atoms with Gasteiger partial charge in [-0.3, -0.25) is 0 Å². The van der Waals surface area contributed by atoms with Gasteiger partial charge in [-0.1, -0.05) is 13.3 Å². The van der Waals surface area contributed by atoms with E-state index in [-0.39, 0.29) is 0 Å². The minimum Gasteiger partial charge on any atom is -0.306 e. The van der Waals surface area contributed by atoms with Gasteiger partial charge in [0.2, 0.25) is 0 Å². The first-order valence-corrected chi connectivity index (χ1v) is 4.01. The van der Waals surface area contributed by atoms with Crippen LogP contribution in [0.3, 0.4) is 0 Å². The fraction of sp³-hybridized carbons (Fsp3) is 1.00. The van der Waals surface area contributed by atoms with Crippen LogP contribution in [-0.4, -0.2) is 25.0 Å². The van der Waals surface area contributed by atoms with Gasteiger partial charge in [0.05, 0.1) is 0 Å². The molecule has 0 aliphatic carbocycles. The van der Waals surface area contributed by atoms with Crippen molar-refractivity contribution in [3.8, 4) is 0 Å². The van der Waals surface area contributed by atoms with Crippen LogP contribution >= 0.6 is 0 Å². The number of hydrogen-bond acceptors (Lipinski definition) is 1. The quantitative estimate of drug-likeness (QED) is 0.518. The Hall–Kier alpha value is -0.0400. The van der Waals surface area contributed by atoms with Crippen LogP contribution in [0.4, 0.5) is 0 Å². The third kappa shape index (κ3) is 1.98. The fourth-order valence-corrected chi connectivity index (χ4v) is 1.47. The van der Waals surface area contributed by atoms with Crippen molar-refractivity contribution in [1.29, 1.82) is 0 Å². The summed E-state index contributed by atoms with van der Waals surface area (Å²) in [5, 5.41) is 0. The van der Waals surface area contributed by atoms with Gasteiger partial charge in [0, 0.05) is 0 Å². The topological polar surface area (TPSA) is 3.24 Å². The summed E-state index contributed by atoms with van der Waals surface area (Å²) in [4.78, 5) is 2.42. The summed E-state index contributed by atoms with van der Waals surface area (Å²) < 4.78 is 0. The average molecular weight is 127 g/mol. The number of piperidine rings is 1. The molecule has 0 amide bonds. The van der Waals surface area contributed by atoms with E-state index in [1.165, 1.54) is 32.4 Å². The summed E-state index contributed by atoms with van der Waals surface area (Å²) in [6, 6.07) is 0. The van der Waals surface area contributed by atoms with Gasteiger partial charge in [-0.2, -0.15) is 0 Å². The normalized spacial score (nSPS) is 24.7. The minimum absolute atomic E-state index is 1.03. The van der Waals surface area contributed by atoms with Crippen LogP contribution in [0.15, 0.2) is 0 Å². The Balaban J connectivity index is 2.18. The molecule has 0 aromatic carbocycles. The Morgan fingerprint density at radius 1 is 1.33 bits per heavy atom. The molecule has 1 aliphatic heterocycles. The van der Waals surface area contributed by atoms with Crippen molar-refractivity contribution >= 4 is 0 Å². The van der Waals surface area contributed by atoms with Crippen molar-refractivity contribution in [3.05, 3.63) is 0 Å². The first-order chi connectivity index (χ1) is 4.33. The first kappa shape index (κ1) is 7.07. The zero-order valence-electron chi connectivity index (χ0n) is 6.56. The molecule has 0 aromatic rings. The van der Waals surface area contributed by atoms with Gasteiger partial charge in [-0.25, -0.2) is 0 Å². The van der Waals surface area contributed by atoms with E-state index in [2.05, 4.69) is 18.9 Å². The van der Waals surface area contributed by atoms with Crippen LogP contribution in [0.1, 0.15) is 26.2 Å². The van der Waals surface area contributed by atoms with Crippen LogP contribution in [0.5, 0.6) is 0 Å². The molecule has 0 aromatic heterocycles. The van der Waals surface area contributed by atoms with E-state index in [9.17, 15) is 0 Å². The Bertz CT molecular complexity index is 72.6. The largest absolute Gasteiger partial charge is 0.306 e. The number of rotatable bonds is 1. The van der Waals surface area contributed by atoms with E-state index in [4.69, 9.17) is 0 Å². The summed E-state index contributed by atoms with van der Waals surface area (Å²) in [5.41, 5.74) is 0. The van der Waals surface area contributed by atoms with Gasteiger partial charge >= 0.3 is 0 Å². The maximum atomic E-state index is 2.42. The van der Waals surface area contributed by atoms with Crippen LogP contribution in [0.2, 0.25) is 0 Å². The Kier molecular flexibility index (Phi) is 2.52. The van der Waals surface area contributed by atoms with Crippen LogP contribution < -0.4 is 0 Å². The molecule has 0 atom stereocenters. The van der Waals surface area contributed by atoms with E-state index in [1.807, 2.05) is 0 Å². The van der Waals surface area contributed by atoms with Gasteiger partial charge in [0.15, 0.2) is 0 Å². The zero-order chi connectivity index (χ0) is 6.69. The maximum absolute atomic E-state index is 2.42. The van der Waals surface area contributed by atoms with E-state index >= 15 is 0 Å². The maximum Gasteiger partial charge on any atom is -0.00191 e. The second-order valence-corrected chi connectivity index (χ2v) is 3.15. The van der Waals surface area contributed by atoms with Gasteiger partial charge in [0.25, 0.3) is 0 Å².